The zero-order valence-electron chi connectivity index (χ0n) is 10.8. The average Bonchev–Trinajstić information content (AvgIpc) is 2.88. The molecular weight excluding hydrogens is 240 g/mol. The van der Waals surface area contributed by atoms with Crippen LogP contribution >= 0.6 is 0 Å². The number of benzene rings is 1. The van der Waals surface area contributed by atoms with E-state index >= 15 is 0 Å². The molecule has 3 rings (SSSR count). The number of aromatic nitrogens is 3. The second-order valence-corrected chi connectivity index (χ2v) is 4.29. The van der Waals surface area contributed by atoms with Crippen LogP contribution in [0.25, 0.3) is 11.0 Å². The van der Waals surface area contributed by atoms with Gasteiger partial charge in [-0.05, 0) is 37.3 Å². The molecule has 19 heavy (non-hydrogen) atoms. The molecule has 2 N–H and O–H groups in total. The van der Waals surface area contributed by atoms with Crippen LogP contribution in [0.15, 0.2) is 36.5 Å². The second-order valence-electron chi connectivity index (χ2n) is 4.29. The first-order valence-corrected chi connectivity index (χ1v) is 5.98. The van der Waals surface area contributed by atoms with Gasteiger partial charge in [0, 0.05) is 11.4 Å². The van der Waals surface area contributed by atoms with Crippen LogP contribution in [0.3, 0.4) is 0 Å². The van der Waals surface area contributed by atoms with E-state index in [4.69, 9.17) is 4.74 Å². The van der Waals surface area contributed by atoms with Gasteiger partial charge >= 0.3 is 0 Å². The molecule has 0 unspecified atom stereocenters. The number of rotatable bonds is 3. The summed E-state index contributed by atoms with van der Waals surface area (Å²) >= 11 is 0. The minimum absolute atomic E-state index is 0.836. The molecule has 3 aromatic rings. The Hall–Kier alpha value is -2.56. The van der Waals surface area contributed by atoms with E-state index in [1.807, 2.05) is 37.3 Å². The highest BCUT2D eigenvalue weighted by Crippen LogP contribution is 2.25. The van der Waals surface area contributed by atoms with Crippen molar-refractivity contribution in [3.8, 4) is 5.75 Å². The molecule has 0 saturated heterocycles. The summed E-state index contributed by atoms with van der Waals surface area (Å²) in [6.45, 7) is 1.96. The molecular formula is C14H14N4O. The van der Waals surface area contributed by atoms with Gasteiger partial charge in [-0.1, -0.05) is 0 Å². The Morgan fingerprint density at radius 1 is 1.21 bits per heavy atom. The molecule has 5 nitrogen and oxygen atoms in total. The van der Waals surface area contributed by atoms with Gasteiger partial charge in [0.1, 0.15) is 16.8 Å². The molecule has 0 atom stereocenters. The van der Waals surface area contributed by atoms with Gasteiger partial charge in [0.15, 0.2) is 0 Å². The van der Waals surface area contributed by atoms with Crippen LogP contribution in [0, 0.1) is 6.92 Å². The predicted octanol–water partition coefficient (Wildman–Crippen LogP) is 3.02. The number of anilines is 2. The molecule has 0 spiro atoms. The Bertz CT molecular complexity index is 703. The van der Waals surface area contributed by atoms with Crippen molar-refractivity contribution in [2.45, 2.75) is 6.92 Å². The highest BCUT2D eigenvalue weighted by molar-refractivity contribution is 5.89. The summed E-state index contributed by atoms with van der Waals surface area (Å²) in [6.07, 6.45) is 1.72. The van der Waals surface area contributed by atoms with Crippen molar-refractivity contribution in [2.24, 2.45) is 0 Å². The summed E-state index contributed by atoms with van der Waals surface area (Å²) in [7, 11) is 1.66. The molecule has 0 aliphatic heterocycles. The predicted molar refractivity (Wildman–Crippen MR) is 74.9 cm³/mol. The van der Waals surface area contributed by atoms with Crippen molar-refractivity contribution in [1.82, 2.24) is 15.2 Å². The zero-order chi connectivity index (χ0) is 13.2. The molecule has 1 aromatic carbocycles. The molecule has 0 aliphatic rings. The smallest absolute Gasteiger partial charge is 0.119 e. The van der Waals surface area contributed by atoms with Gasteiger partial charge in [-0.2, -0.15) is 5.10 Å². The van der Waals surface area contributed by atoms with E-state index in [1.54, 1.807) is 13.3 Å². The Morgan fingerprint density at radius 2 is 2.00 bits per heavy atom. The van der Waals surface area contributed by atoms with Crippen LogP contribution in [0.2, 0.25) is 0 Å². The molecule has 0 fully saturated rings. The van der Waals surface area contributed by atoms with Crippen LogP contribution in [-0.4, -0.2) is 22.3 Å². The van der Waals surface area contributed by atoms with Crippen molar-refractivity contribution < 1.29 is 4.74 Å². The van der Waals surface area contributed by atoms with E-state index in [0.29, 0.717) is 0 Å². The van der Waals surface area contributed by atoms with Crippen LogP contribution in [0.4, 0.5) is 11.4 Å². The van der Waals surface area contributed by atoms with Crippen LogP contribution in [0.5, 0.6) is 5.75 Å². The molecule has 2 aromatic heterocycles. The molecule has 96 valence electrons. The lowest BCUT2D eigenvalue weighted by Gasteiger charge is -2.09. The summed E-state index contributed by atoms with van der Waals surface area (Å²) < 4.78 is 5.14. The van der Waals surface area contributed by atoms with Crippen molar-refractivity contribution >= 4 is 22.4 Å². The third-order valence-electron chi connectivity index (χ3n) is 2.91. The molecule has 0 bridgehead atoms. The fourth-order valence-electron chi connectivity index (χ4n) is 1.99. The lowest BCUT2D eigenvalue weighted by molar-refractivity contribution is 0.415. The quantitative estimate of drug-likeness (QED) is 0.754. The van der Waals surface area contributed by atoms with Crippen LogP contribution in [0.1, 0.15) is 5.69 Å². The summed E-state index contributed by atoms with van der Waals surface area (Å²) in [5.41, 5.74) is 4.66. The van der Waals surface area contributed by atoms with Crippen molar-refractivity contribution in [3.05, 3.63) is 42.2 Å². The van der Waals surface area contributed by atoms with Crippen LogP contribution in [-0.2, 0) is 0 Å². The molecule has 0 radical (unpaired) electrons. The number of nitrogens with zero attached hydrogens (tertiary/aromatic N) is 2. The number of hydrogen-bond acceptors (Lipinski definition) is 4. The third-order valence-corrected chi connectivity index (χ3v) is 2.91. The van der Waals surface area contributed by atoms with Gasteiger partial charge in [-0.25, -0.2) is 4.98 Å². The minimum atomic E-state index is 0.836. The average molecular weight is 254 g/mol. The Morgan fingerprint density at radius 3 is 2.74 bits per heavy atom. The molecule has 2 heterocycles. The number of hydrogen-bond donors (Lipinski definition) is 2. The lowest BCUT2D eigenvalue weighted by Crippen LogP contribution is -1.94. The van der Waals surface area contributed by atoms with Gasteiger partial charge in [0.2, 0.25) is 0 Å². The standard InChI is InChI=1S/C14H14N4O/c1-9-7-12(14-13(16-9)8-15-18-14)17-10-3-5-11(19-2)6-4-10/h3-8H,1-2H3,(H,15,18)(H,16,17). The number of methoxy groups -OCH3 is 1. The number of nitrogens with one attached hydrogen (secondary N) is 2. The minimum Gasteiger partial charge on any atom is -0.497 e. The molecule has 0 saturated carbocycles. The van der Waals surface area contributed by atoms with E-state index in [1.165, 1.54) is 0 Å². The molecule has 0 aliphatic carbocycles. The summed E-state index contributed by atoms with van der Waals surface area (Å²) in [6, 6.07) is 9.76. The van der Waals surface area contributed by atoms with E-state index in [9.17, 15) is 0 Å². The fraction of sp³-hybridized carbons (Fsp3) is 0.143. The first kappa shape index (κ1) is 11.5. The maximum atomic E-state index is 5.14. The van der Waals surface area contributed by atoms with Gasteiger partial charge in [-0.3, -0.25) is 5.10 Å². The lowest BCUT2D eigenvalue weighted by atomic mass is 10.2. The number of pyridine rings is 1. The first-order valence-electron chi connectivity index (χ1n) is 5.98. The van der Waals surface area contributed by atoms with E-state index in [0.717, 1.165) is 33.9 Å². The number of aryl methyl sites for hydroxylation is 1. The number of fused-ring (bicyclic) bond motifs is 1. The van der Waals surface area contributed by atoms with Gasteiger partial charge in [0.05, 0.1) is 19.0 Å². The first-order chi connectivity index (χ1) is 9.26. The SMILES string of the molecule is COc1ccc(Nc2cc(C)nc3cn[nH]c23)cc1. The maximum Gasteiger partial charge on any atom is 0.119 e. The van der Waals surface area contributed by atoms with Gasteiger partial charge < -0.3 is 10.1 Å². The highest BCUT2D eigenvalue weighted by Gasteiger charge is 2.06. The van der Waals surface area contributed by atoms with Crippen molar-refractivity contribution in [1.29, 1.82) is 0 Å². The van der Waals surface area contributed by atoms with Crippen LogP contribution < -0.4 is 10.1 Å². The molecule has 5 heteroatoms. The van der Waals surface area contributed by atoms with E-state index < -0.39 is 0 Å². The highest BCUT2D eigenvalue weighted by atomic mass is 16.5. The normalized spacial score (nSPS) is 10.6. The monoisotopic (exact) mass is 254 g/mol. The number of ether oxygens (including phenoxy) is 1. The Labute approximate surface area is 110 Å². The number of H-pyrrole nitrogens is 1. The van der Waals surface area contributed by atoms with E-state index in [2.05, 4.69) is 20.5 Å². The van der Waals surface area contributed by atoms with Crippen molar-refractivity contribution in [2.75, 3.05) is 12.4 Å². The van der Waals surface area contributed by atoms with E-state index in [-0.39, 0.29) is 0 Å². The van der Waals surface area contributed by atoms with Crippen molar-refractivity contribution in [3.63, 3.8) is 0 Å². The Balaban J connectivity index is 1.97. The fourth-order valence-corrected chi connectivity index (χ4v) is 1.99. The number of aromatic amines is 1. The summed E-state index contributed by atoms with van der Waals surface area (Å²) in [5, 5.41) is 10.3. The summed E-state index contributed by atoms with van der Waals surface area (Å²) in [4.78, 5) is 4.41. The maximum absolute atomic E-state index is 5.14. The topological polar surface area (TPSA) is 62.8 Å². The largest absolute Gasteiger partial charge is 0.497 e. The van der Waals surface area contributed by atoms with Gasteiger partial charge in [0.25, 0.3) is 0 Å². The second kappa shape index (κ2) is 4.61. The zero-order valence-corrected chi connectivity index (χ0v) is 10.8. The third kappa shape index (κ3) is 2.22. The van der Waals surface area contributed by atoms with Gasteiger partial charge in [-0.15, -0.1) is 0 Å². The Kier molecular flexibility index (Phi) is 2.79. The summed E-state index contributed by atoms with van der Waals surface area (Å²) in [5.74, 6) is 0.836. The molecule has 0 amide bonds.